The van der Waals surface area contributed by atoms with Gasteiger partial charge in [0.05, 0.1) is 5.60 Å². The molecule has 3 heteroatoms. The van der Waals surface area contributed by atoms with Crippen LogP contribution < -0.4 is 5.32 Å². The SMILES string of the molecule is CCNCC(CCOC(C)(C)C)Cc1cccc(F)c1. The molecule has 0 saturated heterocycles. The van der Waals surface area contributed by atoms with E-state index in [0.717, 1.165) is 38.1 Å². The molecule has 1 atom stereocenters. The standard InChI is InChI=1S/C17H28FNO/c1-5-19-13-15(9-10-20-17(2,3)4)11-14-7-6-8-16(18)12-14/h6-8,12,15,19H,5,9-11,13H2,1-4H3. The zero-order valence-corrected chi connectivity index (χ0v) is 13.2. The van der Waals surface area contributed by atoms with Crippen LogP contribution in [0.2, 0.25) is 0 Å². The molecule has 0 radical (unpaired) electrons. The normalized spacial score (nSPS) is 13.4. The number of hydrogen-bond donors (Lipinski definition) is 1. The van der Waals surface area contributed by atoms with Crippen molar-refractivity contribution in [3.63, 3.8) is 0 Å². The van der Waals surface area contributed by atoms with Crippen LogP contribution in [0.25, 0.3) is 0 Å². The molecule has 0 amide bonds. The Bertz CT molecular complexity index is 387. The van der Waals surface area contributed by atoms with Crippen LogP contribution in [0.15, 0.2) is 24.3 Å². The van der Waals surface area contributed by atoms with Crippen LogP contribution in [0, 0.1) is 11.7 Å². The van der Waals surface area contributed by atoms with Crippen molar-refractivity contribution in [2.75, 3.05) is 19.7 Å². The summed E-state index contributed by atoms with van der Waals surface area (Å²) in [5.74, 6) is 0.315. The Morgan fingerprint density at radius 1 is 1.30 bits per heavy atom. The number of ether oxygens (including phenoxy) is 1. The molecule has 0 aliphatic heterocycles. The van der Waals surface area contributed by atoms with Gasteiger partial charge in [-0.1, -0.05) is 19.1 Å². The molecule has 20 heavy (non-hydrogen) atoms. The molecule has 114 valence electrons. The predicted molar refractivity (Wildman–Crippen MR) is 82.5 cm³/mol. The van der Waals surface area contributed by atoms with Crippen molar-refractivity contribution in [1.29, 1.82) is 0 Å². The minimum atomic E-state index is -0.157. The molecule has 0 aliphatic carbocycles. The van der Waals surface area contributed by atoms with Crippen LogP contribution in [0.4, 0.5) is 4.39 Å². The fourth-order valence-electron chi connectivity index (χ4n) is 2.15. The third-order valence-electron chi connectivity index (χ3n) is 3.16. The third-order valence-corrected chi connectivity index (χ3v) is 3.16. The lowest BCUT2D eigenvalue weighted by Crippen LogP contribution is -2.27. The van der Waals surface area contributed by atoms with Crippen molar-refractivity contribution < 1.29 is 9.13 Å². The second-order valence-corrected chi connectivity index (χ2v) is 6.26. The molecule has 0 heterocycles. The van der Waals surface area contributed by atoms with E-state index in [1.807, 2.05) is 6.07 Å². The maximum atomic E-state index is 13.2. The van der Waals surface area contributed by atoms with Gasteiger partial charge in [0, 0.05) is 6.61 Å². The fourth-order valence-corrected chi connectivity index (χ4v) is 2.15. The summed E-state index contributed by atoms with van der Waals surface area (Å²) in [4.78, 5) is 0. The molecule has 1 aromatic carbocycles. The molecule has 0 aliphatic rings. The van der Waals surface area contributed by atoms with E-state index in [1.54, 1.807) is 12.1 Å². The fraction of sp³-hybridized carbons (Fsp3) is 0.647. The second-order valence-electron chi connectivity index (χ2n) is 6.26. The van der Waals surface area contributed by atoms with E-state index >= 15 is 0 Å². The highest BCUT2D eigenvalue weighted by Gasteiger charge is 2.14. The highest BCUT2D eigenvalue weighted by Crippen LogP contribution is 2.15. The van der Waals surface area contributed by atoms with Crippen LogP contribution in [-0.2, 0) is 11.2 Å². The predicted octanol–water partition coefficient (Wildman–Crippen LogP) is 3.80. The van der Waals surface area contributed by atoms with E-state index in [-0.39, 0.29) is 11.4 Å². The summed E-state index contributed by atoms with van der Waals surface area (Å²) in [6, 6.07) is 6.89. The lowest BCUT2D eigenvalue weighted by molar-refractivity contribution is -0.00918. The summed E-state index contributed by atoms with van der Waals surface area (Å²) in [5, 5.41) is 3.38. The van der Waals surface area contributed by atoms with Crippen molar-refractivity contribution in [3.05, 3.63) is 35.6 Å². The Labute approximate surface area is 122 Å². The molecule has 0 spiro atoms. The first-order chi connectivity index (χ1) is 9.40. The van der Waals surface area contributed by atoms with Gasteiger partial charge in [0.1, 0.15) is 5.82 Å². The van der Waals surface area contributed by atoms with Gasteiger partial charge >= 0.3 is 0 Å². The first-order valence-electron chi connectivity index (χ1n) is 7.50. The monoisotopic (exact) mass is 281 g/mol. The molecular formula is C17H28FNO. The maximum Gasteiger partial charge on any atom is 0.123 e. The molecule has 0 bridgehead atoms. The van der Waals surface area contributed by atoms with Crippen LogP contribution in [0.3, 0.4) is 0 Å². The summed E-state index contributed by atoms with van der Waals surface area (Å²) in [5.41, 5.74) is 0.963. The van der Waals surface area contributed by atoms with Crippen LogP contribution >= 0.6 is 0 Å². The van der Waals surface area contributed by atoms with Gasteiger partial charge in [-0.15, -0.1) is 0 Å². The van der Waals surface area contributed by atoms with E-state index < -0.39 is 0 Å². The Hall–Kier alpha value is -0.930. The molecule has 1 rings (SSSR count). The van der Waals surface area contributed by atoms with E-state index in [2.05, 4.69) is 33.0 Å². The number of rotatable bonds is 8. The number of hydrogen-bond acceptors (Lipinski definition) is 2. The summed E-state index contributed by atoms with van der Waals surface area (Å²) < 4.78 is 19.0. The zero-order valence-electron chi connectivity index (χ0n) is 13.2. The van der Waals surface area contributed by atoms with Gasteiger partial charge < -0.3 is 10.1 Å². The average molecular weight is 281 g/mol. The van der Waals surface area contributed by atoms with Gasteiger partial charge in [0.25, 0.3) is 0 Å². The van der Waals surface area contributed by atoms with Crippen molar-refractivity contribution >= 4 is 0 Å². The smallest absolute Gasteiger partial charge is 0.123 e. The first-order valence-corrected chi connectivity index (χ1v) is 7.50. The molecule has 1 N–H and O–H groups in total. The third kappa shape index (κ3) is 7.61. The topological polar surface area (TPSA) is 21.3 Å². The molecule has 1 aromatic rings. The Morgan fingerprint density at radius 3 is 2.65 bits per heavy atom. The second kappa shape index (κ2) is 8.38. The molecule has 0 saturated carbocycles. The van der Waals surface area contributed by atoms with Crippen molar-refractivity contribution in [2.24, 2.45) is 5.92 Å². The largest absolute Gasteiger partial charge is 0.376 e. The number of nitrogens with one attached hydrogen (secondary N) is 1. The van der Waals surface area contributed by atoms with E-state index in [4.69, 9.17) is 4.74 Å². The first kappa shape index (κ1) is 17.1. The molecule has 0 fully saturated rings. The quantitative estimate of drug-likeness (QED) is 0.782. The van der Waals surface area contributed by atoms with Gasteiger partial charge in [-0.3, -0.25) is 0 Å². The summed E-state index contributed by atoms with van der Waals surface area (Å²) in [7, 11) is 0. The highest BCUT2D eigenvalue weighted by atomic mass is 19.1. The van der Waals surface area contributed by atoms with Gasteiger partial charge in [-0.25, -0.2) is 4.39 Å². The maximum absolute atomic E-state index is 13.2. The minimum Gasteiger partial charge on any atom is -0.376 e. The minimum absolute atomic E-state index is 0.0956. The summed E-state index contributed by atoms with van der Waals surface area (Å²) in [6.07, 6.45) is 1.87. The van der Waals surface area contributed by atoms with E-state index in [9.17, 15) is 4.39 Å². The molecular weight excluding hydrogens is 253 g/mol. The summed E-state index contributed by atoms with van der Waals surface area (Å²) in [6.45, 7) is 11.0. The lowest BCUT2D eigenvalue weighted by atomic mass is 9.96. The molecule has 1 unspecified atom stereocenters. The van der Waals surface area contributed by atoms with Crippen molar-refractivity contribution in [2.45, 2.75) is 46.1 Å². The highest BCUT2D eigenvalue weighted by molar-refractivity contribution is 5.16. The Balaban J connectivity index is 2.50. The molecule has 0 aromatic heterocycles. The average Bonchev–Trinajstić information content (AvgIpc) is 2.34. The summed E-state index contributed by atoms with van der Waals surface area (Å²) >= 11 is 0. The van der Waals surface area contributed by atoms with Crippen LogP contribution in [0.1, 0.15) is 39.7 Å². The van der Waals surface area contributed by atoms with Crippen LogP contribution in [-0.4, -0.2) is 25.3 Å². The zero-order chi connectivity index (χ0) is 15.0. The van der Waals surface area contributed by atoms with E-state index in [1.165, 1.54) is 6.07 Å². The number of halogens is 1. The van der Waals surface area contributed by atoms with Crippen LogP contribution in [0.5, 0.6) is 0 Å². The molecule has 2 nitrogen and oxygen atoms in total. The lowest BCUT2D eigenvalue weighted by Gasteiger charge is -2.23. The Kier molecular flexibility index (Phi) is 7.17. The van der Waals surface area contributed by atoms with Gasteiger partial charge in [0.15, 0.2) is 0 Å². The van der Waals surface area contributed by atoms with Gasteiger partial charge in [0.2, 0.25) is 0 Å². The van der Waals surface area contributed by atoms with Gasteiger partial charge in [-0.2, -0.15) is 0 Å². The number of benzene rings is 1. The van der Waals surface area contributed by atoms with E-state index in [0.29, 0.717) is 5.92 Å². The Morgan fingerprint density at radius 2 is 2.05 bits per heavy atom. The van der Waals surface area contributed by atoms with Crippen molar-refractivity contribution in [3.8, 4) is 0 Å². The van der Waals surface area contributed by atoms with Crippen molar-refractivity contribution in [1.82, 2.24) is 5.32 Å². The van der Waals surface area contributed by atoms with Gasteiger partial charge in [-0.05, 0) is 70.3 Å².